The normalized spacial score (nSPS) is 10.9. The summed E-state index contributed by atoms with van der Waals surface area (Å²) in [6, 6.07) is 19.5. The molecule has 0 bridgehead atoms. The van der Waals surface area contributed by atoms with Crippen LogP contribution >= 0.6 is 11.8 Å². The highest BCUT2D eigenvalue weighted by molar-refractivity contribution is 7.99. The number of nitrogens with zero attached hydrogens (tertiary/aromatic N) is 2. The molecular weight excluding hydrogens is 388 g/mol. The first-order valence-electron chi connectivity index (χ1n) is 8.86. The fourth-order valence-electron chi connectivity index (χ4n) is 2.99. The lowest BCUT2D eigenvalue weighted by atomic mass is 10.1. The molecule has 0 amide bonds. The van der Waals surface area contributed by atoms with E-state index in [-0.39, 0.29) is 23.0 Å². The summed E-state index contributed by atoms with van der Waals surface area (Å²) in [6.07, 6.45) is 0. The fraction of sp³-hybridized carbons (Fsp3) is 0.0909. The summed E-state index contributed by atoms with van der Waals surface area (Å²) in [6.45, 7) is 0. The Morgan fingerprint density at radius 3 is 2.52 bits per heavy atom. The number of imidazole rings is 1. The topological polar surface area (TPSA) is 84.6 Å². The second-order valence-electron chi connectivity index (χ2n) is 6.33. The Morgan fingerprint density at radius 2 is 1.79 bits per heavy atom. The van der Waals surface area contributed by atoms with Gasteiger partial charge in [-0.3, -0.25) is 9.36 Å². The molecular formula is C22H18N2O4S. The molecule has 146 valence electrons. The van der Waals surface area contributed by atoms with Crippen molar-refractivity contribution in [2.75, 3.05) is 12.9 Å². The van der Waals surface area contributed by atoms with Gasteiger partial charge < -0.3 is 14.9 Å². The van der Waals surface area contributed by atoms with Gasteiger partial charge in [0.05, 0.1) is 23.9 Å². The van der Waals surface area contributed by atoms with Gasteiger partial charge in [0.15, 0.2) is 22.4 Å². The predicted octanol–water partition coefficient (Wildman–Crippen LogP) is 4.42. The lowest BCUT2D eigenvalue weighted by Crippen LogP contribution is -2.04. The van der Waals surface area contributed by atoms with E-state index < -0.39 is 0 Å². The number of phenolic OH excluding ortho intramolecular Hbond substituents is 2. The first-order valence-corrected chi connectivity index (χ1v) is 9.85. The molecule has 29 heavy (non-hydrogen) atoms. The van der Waals surface area contributed by atoms with E-state index in [4.69, 9.17) is 4.74 Å². The number of para-hydroxylation sites is 2. The number of aromatic nitrogens is 2. The van der Waals surface area contributed by atoms with Gasteiger partial charge in [0, 0.05) is 11.3 Å². The molecule has 0 saturated heterocycles. The van der Waals surface area contributed by atoms with Crippen LogP contribution in [0.3, 0.4) is 0 Å². The van der Waals surface area contributed by atoms with Crippen LogP contribution in [0.5, 0.6) is 17.2 Å². The number of fused-ring (bicyclic) bond motifs is 1. The summed E-state index contributed by atoms with van der Waals surface area (Å²) < 4.78 is 7.24. The van der Waals surface area contributed by atoms with Crippen LogP contribution in [0.25, 0.3) is 16.7 Å². The van der Waals surface area contributed by atoms with Crippen LogP contribution in [0.4, 0.5) is 0 Å². The zero-order chi connectivity index (χ0) is 20.4. The van der Waals surface area contributed by atoms with Gasteiger partial charge in [-0.25, -0.2) is 4.98 Å². The van der Waals surface area contributed by atoms with Crippen LogP contribution in [0.2, 0.25) is 0 Å². The number of benzene rings is 3. The molecule has 4 aromatic rings. The van der Waals surface area contributed by atoms with Crippen molar-refractivity contribution >= 4 is 28.6 Å². The monoisotopic (exact) mass is 406 g/mol. The van der Waals surface area contributed by atoms with Crippen LogP contribution in [-0.4, -0.2) is 38.4 Å². The smallest absolute Gasteiger partial charge is 0.174 e. The maximum absolute atomic E-state index is 12.6. The van der Waals surface area contributed by atoms with Gasteiger partial charge in [-0.15, -0.1) is 0 Å². The summed E-state index contributed by atoms with van der Waals surface area (Å²) in [5.74, 6) is 0.166. The Kier molecular flexibility index (Phi) is 5.14. The summed E-state index contributed by atoms with van der Waals surface area (Å²) >= 11 is 1.32. The molecule has 0 radical (unpaired) electrons. The van der Waals surface area contributed by atoms with Gasteiger partial charge in [0.1, 0.15) is 5.75 Å². The number of Topliss-reactive ketones (excluding diaryl/α,β-unsaturated/α-hetero) is 1. The zero-order valence-corrected chi connectivity index (χ0v) is 16.4. The molecule has 6 nitrogen and oxygen atoms in total. The maximum atomic E-state index is 12.6. The quantitative estimate of drug-likeness (QED) is 0.280. The summed E-state index contributed by atoms with van der Waals surface area (Å²) in [7, 11) is 1.62. The number of thioether (sulfide) groups is 1. The van der Waals surface area contributed by atoms with Crippen molar-refractivity contribution in [2.45, 2.75) is 5.16 Å². The average Bonchev–Trinajstić information content (AvgIpc) is 3.12. The van der Waals surface area contributed by atoms with Gasteiger partial charge in [-0.05, 0) is 54.6 Å². The molecule has 0 saturated carbocycles. The van der Waals surface area contributed by atoms with Gasteiger partial charge in [0.2, 0.25) is 0 Å². The van der Waals surface area contributed by atoms with Crippen molar-refractivity contribution in [1.82, 2.24) is 9.55 Å². The molecule has 7 heteroatoms. The van der Waals surface area contributed by atoms with E-state index in [0.29, 0.717) is 10.7 Å². The van der Waals surface area contributed by atoms with Gasteiger partial charge in [-0.2, -0.15) is 0 Å². The van der Waals surface area contributed by atoms with E-state index in [1.807, 2.05) is 53.1 Å². The Balaban J connectivity index is 1.66. The number of hydrogen-bond donors (Lipinski definition) is 2. The van der Waals surface area contributed by atoms with E-state index in [1.165, 1.54) is 30.0 Å². The Labute approximate surface area is 171 Å². The summed E-state index contributed by atoms with van der Waals surface area (Å²) in [4.78, 5) is 17.2. The second kappa shape index (κ2) is 7.89. The minimum atomic E-state index is -0.314. The van der Waals surface area contributed by atoms with Crippen LogP contribution < -0.4 is 4.74 Å². The standard InChI is InChI=1S/C22H18N2O4S/c1-28-16-9-7-15(8-10-16)24-18-5-3-2-4-17(18)23-22(24)29-13-21(27)14-6-11-19(25)20(26)12-14/h2-12,25-26H,13H2,1H3. The molecule has 3 aromatic carbocycles. The van der Waals surface area contributed by atoms with Crippen molar-refractivity contribution in [3.8, 4) is 22.9 Å². The first kappa shape index (κ1) is 18.9. The van der Waals surface area contributed by atoms with Crippen LogP contribution in [-0.2, 0) is 0 Å². The largest absolute Gasteiger partial charge is 0.504 e. The third-order valence-corrected chi connectivity index (χ3v) is 5.43. The average molecular weight is 406 g/mol. The number of hydrogen-bond acceptors (Lipinski definition) is 6. The third kappa shape index (κ3) is 3.77. The molecule has 0 aliphatic rings. The van der Waals surface area contributed by atoms with Crippen molar-refractivity contribution < 1.29 is 19.7 Å². The van der Waals surface area contributed by atoms with Crippen molar-refractivity contribution in [2.24, 2.45) is 0 Å². The number of ether oxygens (including phenoxy) is 1. The Hall–Kier alpha value is -3.45. The van der Waals surface area contributed by atoms with E-state index in [2.05, 4.69) is 4.98 Å². The molecule has 0 spiro atoms. The fourth-order valence-corrected chi connectivity index (χ4v) is 3.91. The first-order chi connectivity index (χ1) is 14.1. The number of methoxy groups -OCH3 is 1. The highest BCUT2D eigenvalue weighted by Crippen LogP contribution is 2.30. The number of aromatic hydroxyl groups is 2. The molecule has 1 heterocycles. The van der Waals surface area contributed by atoms with Crippen molar-refractivity contribution in [3.63, 3.8) is 0 Å². The van der Waals surface area contributed by atoms with E-state index in [9.17, 15) is 15.0 Å². The third-order valence-electron chi connectivity index (χ3n) is 4.49. The zero-order valence-electron chi connectivity index (χ0n) is 15.6. The molecule has 0 unspecified atom stereocenters. The van der Waals surface area contributed by atoms with Crippen LogP contribution in [0, 0.1) is 0 Å². The van der Waals surface area contributed by atoms with Gasteiger partial charge in [-0.1, -0.05) is 23.9 Å². The highest BCUT2D eigenvalue weighted by atomic mass is 32.2. The Morgan fingerprint density at radius 1 is 1.03 bits per heavy atom. The highest BCUT2D eigenvalue weighted by Gasteiger charge is 2.16. The summed E-state index contributed by atoms with van der Waals surface area (Å²) in [5, 5.41) is 19.7. The number of rotatable bonds is 6. The van der Waals surface area contributed by atoms with E-state index in [0.717, 1.165) is 22.5 Å². The SMILES string of the molecule is COc1ccc(-n2c(SCC(=O)c3ccc(O)c(O)c3)nc3ccccc32)cc1. The minimum absolute atomic E-state index is 0.143. The number of phenols is 2. The lowest BCUT2D eigenvalue weighted by Gasteiger charge is -2.10. The number of carbonyl (C=O) groups is 1. The van der Waals surface area contributed by atoms with Crippen LogP contribution in [0.1, 0.15) is 10.4 Å². The van der Waals surface area contributed by atoms with Crippen LogP contribution in [0.15, 0.2) is 71.9 Å². The van der Waals surface area contributed by atoms with E-state index >= 15 is 0 Å². The van der Waals surface area contributed by atoms with Gasteiger partial charge >= 0.3 is 0 Å². The molecule has 1 aromatic heterocycles. The second-order valence-corrected chi connectivity index (χ2v) is 7.27. The molecule has 4 rings (SSSR count). The molecule has 2 N–H and O–H groups in total. The van der Waals surface area contributed by atoms with Crippen molar-refractivity contribution in [1.29, 1.82) is 0 Å². The molecule has 0 atom stereocenters. The molecule has 0 aliphatic heterocycles. The number of ketones is 1. The molecule has 0 aliphatic carbocycles. The van der Waals surface area contributed by atoms with Crippen molar-refractivity contribution in [3.05, 3.63) is 72.3 Å². The maximum Gasteiger partial charge on any atom is 0.174 e. The van der Waals surface area contributed by atoms with E-state index in [1.54, 1.807) is 7.11 Å². The Bertz CT molecular complexity index is 1190. The summed E-state index contributed by atoms with van der Waals surface area (Å²) in [5.41, 5.74) is 3.02. The lowest BCUT2D eigenvalue weighted by molar-refractivity contribution is 0.102. The van der Waals surface area contributed by atoms with Gasteiger partial charge in [0.25, 0.3) is 0 Å². The number of carbonyl (C=O) groups excluding carboxylic acids is 1. The molecule has 0 fully saturated rings. The predicted molar refractivity (Wildman–Crippen MR) is 112 cm³/mol. The minimum Gasteiger partial charge on any atom is -0.504 e.